The van der Waals surface area contributed by atoms with Crippen LogP contribution in [0.2, 0.25) is 0 Å². The van der Waals surface area contributed by atoms with E-state index in [1.165, 1.54) is 6.42 Å². The zero-order chi connectivity index (χ0) is 6.32. The predicted molar refractivity (Wildman–Crippen MR) is 33.8 cm³/mol. The van der Waals surface area contributed by atoms with E-state index in [2.05, 4.69) is 10.5 Å². The van der Waals surface area contributed by atoms with Crippen molar-refractivity contribution in [2.24, 2.45) is 10.6 Å². The number of hydrogen-bond acceptors (Lipinski definition) is 3. The van der Waals surface area contributed by atoms with Gasteiger partial charge in [0.25, 0.3) is 0 Å². The Morgan fingerprint density at radius 1 is 1.56 bits per heavy atom. The summed E-state index contributed by atoms with van der Waals surface area (Å²) in [5.41, 5.74) is 1.30. The van der Waals surface area contributed by atoms with Crippen LogP contribution >= 0.6 is 0 Å². The molecule has 2 aliphatic rings. The molecule has 0 radical (unpaired) electrons. The van der Waals surface area contributed by atoms with E-state index >= 15 is 0 Å². The summed E-state index contributed by atoms with van der Waals surface area (Å²) in [6.07, 6.45) is 2.21. The summed E-state index contributed by atoms with van der Waals surface area (Å²) in [7, 11) is 0. The molecule has 0 atom stereocenters. The van der Waals surface area contributed by atoms with Crippen LogP contribution in [0.5, 0.6) is 0 Å². The number of nitrogens with zero attached hydrogens (tertiary/aromatic N) is 1. The van der Waals surface area contributed by atoms with E-state index < -0.39 is 0 Å². The van der Waals surface area contributed by atoms with E-state index in [-0.39, 0.29) is 0 Å². The van der Waals surface area contributed by atoms with Crippen LogP contribution in [0.1, 0.15) is 12.8 Å². The fourth-order valence-corrected chi connectivity index (χ4v) is 1.55. The molecule has 0 aromatic carbocycles. The molecule has 0 aromatic heterocycles. The van der Waals surface area contributed by atoms with Crippen molar-refractivity contribution in [3.8, 4) is 0 Å². The monoisotopic (exact) mass is 126 g/mol. The van der Waals surface area contributed by atoms with Gasteiger partial charge in [-0.15, -0.1) is 0 Å². The van der Waals surface area contributed by atoms with Crippen molar-refractivity contribution in [1.29, 1.82) is 0 Å². The molecule has 0 aromatic rings. The van der Waals surface area contributed by atoms with Crippen molar-refractivity contribution < 1.29 is 5.21 Å². The second-order valence-corrected chi connectivity index (χ2v) is 2.93. The summed E-state index contributed by atoms with van der Waals surface area (Å²) in [5.74, 6) is 0. The lowest BCUT2D eigenvalue weighted by Crippen LogP contribution is -2.63. The Labute approximate surface area is 53.7 Å². The number of oxime groups is 1. The lowest BCUT2D eigenvalue weighted by molar-refractivity contribution is 0.190. The minimum absolute atomic E-state index is 0.300. The summed E-state index contributed by atoms with van der Waals surface area (Å²) < 4.78 is 0. The minimum Gasteiger partial charge on any atom is -0.411 e. The van der Waals surface area contributed by atoms with Crippen molar-refractivity contribution in [2.75, 3.05) is 13.1 Å². The zero-order valence-corrected chi connectivity index (χ0v) is 5.22. The summed E-state index contributed by atoms with van der Waals surface area (Å²) in [4.78, 5) is 0. The van der Waals surface area contributed by atoms with Crippen molar-refractivity contribution in [1.82, 2.24) is 5.32 Å². The molecule has 1 saturated heterocycles. The summed E-state index contributed by atoms with van der Waals surface area (Å²) >= 11 is 0. The third-order valence-electron chi connectivity index (χ3n) is 2.50. The van der Waals surface area contributed by atoms with Gasteiger partial charge >= 0.3 is 0 Å². The zero-order valence-electron chi connectivity index (χ0n) is 5.22. The van der Waals surface area contributed by atoms with Gasteiger partial charge in [0, 0.05) is 18.5 Å². The highest BCUT2D eigenvalue weighted by Gasteiger charge is 2.48. The maximum absolute atomic E-state index is 8.45. The lowest BCUT2D eigenvalue weighted by atomic mass is 9.63. The van der Waals surface area contributed by atoms with Gasteiger partial charge in [-0.1, -0.05) is 5.16 Å². The largest absolute Gasteiger partial charge is 0.411 e. The molecule has 2 rings (SSSR count). The minimum atomic E-state index is 0.300. The second-order valence-electron chi connectivity index (χ2n) is 2.93. The molecule has 1 aliphatic heterocycles. The molecule has 1 aliphatic carbocycles. The Morgan fingerprint density at radius 3 is 2.44 bits per heavy atom. The van der Waals surface area contributed by atoms with Gasteiger partial charge in [-0.2, -0.15) is 0 Å². The first-order valence-electron chi connectivity index (χ1n) is 3.29. The SMILES string of the molecule is O/N=C1\CCC12CNC2. The van der Waals surface area contributed by atoms with Gasteiger partial charge in [0.1, 0.15) is 0 Å². The van der Waals surface area contributed by atoms with E-state index in [0.717, 1.165) is 25.2 Å². The van der Waals surface area contributed by atoms with Crippen LogP contribution in [0.3, 0.4) is 0 Å². The normalized spacial score (nSPS) is 34.0. The average Bonchev–Trinajstić information content (AvgIpc) is 1.59. The third kappa shape index (κ3) is 0.477. The highest BCUT2D eigenvalue weighted by Crippen LogP contribution is 2.41. The molecule has 3 nitrogen and oxygen atoms in total. The van der Waals surface area contributed by atoms with Gasteiger partial charge in [-0.05, 0) is 12.8 Å². The number of rotatable bonds is 0. The molecular weight excluding hydrogens is 116 g/mol. The van der Waals surface area contributed by atoms with E-state index in [1.807, 2.05) is 0 Å². The van der Waals surface area contributed by atoms with Crippen LogP contribution in [0.25, 0.3) is 0 Å². The van der Waals surface area contributed by atoms with E-state index in [4.69, 9.17) is 5.21 Å². The molecule has 2 fully saturated rings. The fraction of sp³-hybridized carbons (Fsp3) is 0.833. The van der Waals surface area contributed by atoms with Crippen LogP contribution in [0, 0.1) is 5.41 Å². The highest BCUT2D eigenvalue weighted by molar-refractivity contribution is 5.96. The predicted octanol–water partition coefficient (Wildman–Crippen LogP) is 0.200. The van der Waals surface area contributed by atoms with Gasteiger partial charge in [0.2, 0.25) is 0 Å². The third-order valence-corrected chi connectivity index (χ3v) is 2.50. The van der Waals surface area contributed by atoms with E-state index in [0.29, 0.717) is 5.41 Å². The summed E-state index contributed by atoms with van der Waals surface area (Å²) in [5, 5.41) is 14.9. The molecule has 0 unspecified atom stereocenters. The Balaban J connectivity index is 2.13. The first-order chi connectivity index (χ1) is 4.37. The van der Waals surface area contributed by atoms with Gasteiger partial charge in [-0.25, -0.2) is 0 Å². The molecule has 1 heterocycles. The van der Waals surface area contributed by atoms with Crippen molar-refractivity contribution >= 4 is 5.71 Å². The molecule has 0 amide bonds. The standard InChI is InChI=1S/C6H10N2O/c9-8-5-1-2-6(5)3-7-4-6/h7,9H,1-4H2/b8-5+. The van der Waals surface area contributed by atoms with Gasteiger partial charge < -0.3 is 10.5 Å². The fourth-order valence-electron chi connectivity index (χ4n) is 1.55. The Morgan fingerprint density at radius 2 is 2.33 bits per heavy atom. The Kier molecular flexibility index (Phi) is 0.858. The van der Waals surface area contributed by atoms with Crippen LogP contribution in [-0.4, -0.2) is 24.0 Å². The first kappa shape index (κ1) is 5.23. The van der Waals surface area contributed by atoms with E-state index in [9.17, 15) is 0 Å². The maximum atomic E-state index is 8.45. The molecule has 1 spiro atoms. The van der Waals surface area contributed by atoms with Crippen LogP contribution < -0.4 is 5.32 Å². The Bertz CT molecular complexity index is 155. The molecule has 1 saturated carbocycles. The van der Waals surface area contributed by atoms with Crippen LogP contribution in [0.4, 0.5) is 0 Å². The van der Waals surface area contributed by atoms with Crippen LogP contribution in [0.15, 0.2) is 5.16 Å². The molecule has 9 heavy (non-hydrogen) atoms. The van der Waals surface area contributed by atoms with Crippen molar-refractivity contribution in [2.45, 2.75) is 12.8 Å². The smallest absolute Gasteiger partial charge is 0.0658 e. The Hall–Kier alpha value is -0.570. The van der Waals surface area contributed by atoms with Crippen molar-refractivity contribution in [3.63, 3.8) is 0 Å². The first-order valence-corrected chi connectivity index (χ1v) is 3.29. The van der Waals surface area contributed by atoms with Gasteiger partial charge in [0.15, 0.2) is 0 Å². The highest BCUT2D eigenvalue weighted by atomic mass is 16.4. The maximum Gasteiger partial charge on any atom is 0.0658 e. The average molecular weight is 126 g/mol. The second kappa shape index (κ2) is 1.48. The molecule has 2 N–H and O–H groups in total. The van der Waals surface area contributed by atoms with Crippen molar-refractivity contribution in [3.05, 3.63) is 0 Å². The van der Waals surface area contributed by atoms with Gasteiger partial charge in [-0.3, -0.25) is 0 Å². The number of nitrogens with one attached hydrogen (secondary N) is 1. The summed E-state index contributed by atoms with van der Waals surface area (Å²) in [6, 6.07) is 0. The van der Waals surface area contributed by atoms with Gasteiger partial charge in [0.05, 0.1) is 5.71 Å². The quantitative estimate of drug-likeness (QED) is 0.359. The molecule has 0 bridgehead atoms. The lowest BCUT2D eigenvalue weighted by Gasteiger charge is -2.49. The van der Waals surface area contributed by atoms with Crippen LogP contribution in [-0.2, 0) is 0 Å². The molecule has 3 heteroatoms. The molecule has 50 valence electrons. The topological polar surface area (TPSA) is 44.6 Å². The molecular formula is C6H10N2O. The summed E-state index contributed by atoms with van der Waals surface area (Å²) in [6.45, 7) is 2.04. The van der Waals surface area contributed by atoms with E-state index in [1.54, 1.807) is 0 Å². The number of hydrogen-bond donors (Lipinski definition) is 2.